The molecule has 0 aliphatic rings. The lowest BCUT2D eigenvalue weighted by Crippen LogP contribution is -2.09. The van der Waals surface area contributed by atoms with Crippen LogP contribution in [0, 0.1) is 0 Å². The van der Waals surface area contributed by atoms with E-state index in [1.54, 1.807) is 6.26 Å². The van der Waals surface area contributed by atoms with Gasteiger partial charge < -0.3 is 4.18 Å². The van der Waals surface area contributed by atoms with Gasteiger partial charge in [0.1, 0.15) is 0 Å². The van der Waals surface area contributed by atoms with Crippen LogP contribution in [0.3, 0.4) is 0 Å². The van der Waals surface area contributed by atoms with Crippen LogP contribution in [-0.4, -0.2) is 11.2 Å². The monoisotopic (exact) mass is 223 g/mol. The number of nitrogens with zero attached hydrogens (tertiary/aromatic N) is 1. The highest BCUT2D eigenvalue weighted by molar-refractivity contribution is 7.93. The van der Waals surface area contributed by atoms with Crippen molar-refractivity contribution in [3.05, 3.63) is 29.6 Å². The van der Waals surface area contributed by atoms with Crippen LogP contribution in [0.25, 0.3) is 0 Å². The summed E-state index contributed by atoms with van der Waals surface area (Å²) in [6, 6.07) is 0.943. The third kappa shape index (κ3) is 2.88. The summed E-state index contributed by atoms with van der Waals surface area (Å²) in [5, 5.41) is 0. The molecule has 0 aliphatic carbocycles. The van der Waals surface area contributed by atoms with E-state index in [-0.39, 0.29) is 12.2 Å². The summed E-state index contributed by atoms with van der Waals surface area (Å²) in [6.45, 7) is -0.0934. The molecule has 1 aromatic rings. The highest BCUT2D eigenvalue weighted by atomic mass is 32.2. The smallest absolute Gasteiger partial charge is 0.311 e. The van der Waals surface area contributed by atoms with E-state index in [9.17, 15) is 13.2 Å². The molecule has 0 radical (unpaired) electrons. The Morgan fingerprint density at radius 3 is 2.79 bits per heavy atom. The molecule has 0 aromatic carbocycles. The number of hydrogen-bond acceptors (Lipinski definition) is 3. The topological polar surface area (TPSA) is 22.1 Å². The zero-order valence-electron chi connectivity index (χ0n) is 7.34. The number of hydrogen-bond donors (Lipinski definition) is 0. The second-order valence-corrected chi connectivity index (χ2v) is 3.03. The molecule has 0 atom stereocenters. The standard InChI is InChI=1S/C8H8F3NOS/c1-14-13-5-6-4-12-3-2-7(6)8(9,10)11/h2-4H,5H2,1H3. The molecule has 2 nitrogen and oxygen atoms in total. The van der Waals surface area contributed by atoms with E-state index in [1.165, 1.54) is 6.20 Å². The lowest BCUT2D eigenvalue weighted by Gasteiger charge is -2.10. The van der Waals surface area contributed by atoms with E-state index in [4.69, 9.17) is 4.18 Å². The minimum absolute atomic E-state index is 0.0503. The van der Waals surface area contributed by atoms with Gasteiger partial charge in [-0.3, -0.25) is 4.98 Å². The van der Waals surface area contributed by atoms with E-state index in [1.807, 2.05) is 0 Å². The highest BCUT2D eigenvalue weighted by Crippen LogP contribution is 2.31. The summed E-state index contributed by atoms with van der Waals surface area (Å²) < 4.78 is 42.0. The predicted octanol–water partition coefficient (Wildman–Crippen LogP) is 2.90. The fourth-order valence-corrected chi connectivity index (χ4v) is 1.19. The fourth-order valence-electron chi connectivity index (χ4n) is 0.941. The van der Waals surface area contributed by atoms with Gasteiger partial charge in [-0.1, -0.05) is 0 Å². The van der Waals surface area contributed by atoms with E-state index >= 15 is 0 Å². The minimum Gasteiger partial charge on any atom is -0.311 e. The summed E-state index contributed by atoms with van der Waals surface area (Å²) in [5.74, 6) is 0. The Morgan fingerprint density at radius 2 is 2.21 bits per heavy atom. The molecule has 0 bridgehead atoms. The van der Waals surface area contributed by atoms with Gasteiger partial charge in [0.15, 0.2) is 0 Å². The second-order valence-electron chi connectivity index (χ2n) is 2.46. The van der Waals surface area contributed by atoms with Gasteiger partial charge in [-0.2, -0.15) is 13.2 Å². The summed E-state index contributed by atoms with van der Waals surface area (Å²) >= 11 is 1.02. The van der Waals surface area contributed by atoms with Crippen molar-refractivity contribution in [2.24, 2.45) is 0 Å². The number of rotatable bonds is 3. The van der Waals surface area contributed by atoms with Crippen LogP contribution < -0.4 is 0 Å². The number of alkyl halides is 3. The molecule has 0 aliphatic heterocycles. The summed E-state index contributed by atoms with van der Waals surface area (Å²) in [5.41, 5.74) is -0.643. The lowest BCUT2D eigenvalue weighted by molar-refractivity contribution is -0.138. The van der Waals surface area contributed by atoms with Crippen LogP contribution in [0.4, 0.5) is 13.2 Å². The van der Waals surface area contributed by atoms with Gasteiger partial charge in [-0.25, -0.2) is 0 Å². The van der Waals surface area contributed by atoms with Crippen LogP contribution in [0.15, 0.2) is 18.5 Å². The molecule has 1 rings (SSSR count). The first-order valence-electron chi connectivity index (χ1n) is 3.71. The molecule has 0 unspecified atom stereocenters. The molecule has 0 spiro atoms. The molecule has 1 heterocycles. The van der Waals surface area contributed by atoms with E-state index in [0.717, 1.165) is 24.3 Å². The van der Waals surface area contributed by atoms with Crippen molar-refractivity contribution >= 4 is 12.0 Å². The Labute approximate surface area is 83.7 Å². The molecule has 14 heavy (non-hydrogen) atoms. The van der Waals surface area contributed by atoms with Crippen molar-refractivity contribution in [3.63, 3.8) is 0 Å². The van der Waals surface area contributed by atoms with Crippen LogP contribution >= 0.6 is 12.0 Å². The summed E-state index contributed by atoms with van der Waals surface area (Å²) in [7, 11) is 0. The predicted molar refractivity (Wildman–Crippen MR) is 47.5 cm³/mol. The third-order valence-electron chi connectivity index (χ3n) is 1.54. The average molecular weight is 223 g/mol. The SMILES string of the molecule is CSOCc1cnccc1C(F)(F)F. The second kappa shape index (κ2) is 4.65. The first kappa shape index (κ1) is 11.3. The number of halogens is 3. The molecule has 78 valence electrons. The van der Waals surface area contributed by atoms with E-state index in [0.29, 0.717) is 0 Å². The van der Waals surface area contributed by atoms with Gasteiger partial charge in [0.05, 0.1) is 12.2 Å². The van der Waals surface area contributed by atoms with Crippen LogP contribution in [0.2, 0.25) is 0 Å². The Kier molecular flexibility index (Phi) is 3.77. The van der Waals surface area contributed by atoms with Crippen molar-refractivity contribution in [3.8, 4) is 0 Å². The average Bonchev–Trinajstić information content (AvgIpc) is 2.14. The van der Waals surface area contributed by atoms with Crippen LogP contribution in [0.1, 0.15) is 11.1 Å². The van der Waals surface area contributed by atoms with Gasteiger partial charge in [-0.15, -0.1) is 0 Å². The quantitative estimate of drug-likeness (QED) is 0.735. The van der Waals surface area contributed by atoms with Crippen molar-refractivity contribution in [2.75, 3.05) is 6.26 Å². The van der Waals surface area contributed by atoms with Gasteiger partial charge in [-0.05, 0) is 18.1 Å². The van der Waals surface area contributed by atoms with Gasteiger partial charge in [0, 0.05) is 24.2 Å². The molecule has 0 amide bonds. The minimum atomic E-state index is -4.35. The maximum Gasteiger partial charge on any atom is 0.416 e. The number of pyridine rings is 1. The van der Waals surface area contributed by atoms with Crippen LogP contribution in [0.5, 0.6) is 0 Å². The van der Waals surface area contributed by atoms with E-state index in [2.05, 4.69) is 4.98 Å². The Morgan fingerprint density at radius 1 is 1.50 bits per heavy atom. The maximum absolute atomic E-state index is 12.4. The van der Waals surface area contributed by atoms with Crippen molar-refractivity contribution in [1.29, 1.82) is 0 Å². The maximum atomic E-state index is 12.4. The van der Waals surface area contributed by atoms with Crippen molar-refractivity contribution < 1.29 is 17.4 Å². The van der Waals surface area contributed by atoms with Gasteiger partial charge in [0.2, 0.25) is 0 Å². The summed E-state index contributed by atoms with van der Waals surface area (Å²) in [4.78, 5) is 3.62. The van der Waals surface area contributed by atoms with Gasteiger partial charge >= 0.3 is 6.18 Å². The van der Waals surface area contributed by atoms with Crippen molar-refractivity contribution in [1.82, 2.24) is 4.98 Å². The third-order valence-corrected chi connectivity index (χ3v) is 1.89. The first-order chi connectivity index (χ1) is 6.55. The Balaban J connectivity index is 2.92. The summed E-state index contributed by atoms with van der Waals surface area (Å²) in [6.07, 6.45) is -0.422. The fraction of sp³-hybridized carbons (Fsp3) is 0.375. The normalized spacial score (nSPS) is 11.7. The molecular formula is C8H8F3NOS. The van der Waals surface area contributed by atoms with E-state index < -0.39 is 11.7 Å². The molecular weight excluding hydrogens is 215 g/mol. The molecule has 0 saturated heterocycles. The zero-order valence-corrected chi connectivity index (χ0v) is 8.15. The number of aromatic nitrogens is 1. The zero-order chi connectivity index (χ0) is 10.6. The largest absolute Gasteiger partial charge is 0.416 e. The first-order valence-corrected chi connectivity index (χ1v) is 4.86. The molecule has 0 saturated carbocycles. The van der Waals surface area contributed by atoms with Crippen LogP contribution in [-0.2, 0) is 17.0 Å². The van der Waals surface area contributed by atoms with Gasteiger partial charge in [0.25, 0.3) is 0 Å². The van der Waals surface area contributed by atoms with Crippen molar-refractivity contribution in [2.45, 2.75) is 12.8 Å². The Hall–Kier alpha value is -0.750. The molecule has 6 heteroatoms. The molecule has 1 aromatic heterocycles. The molecule has 0 fully saturated rings. The lowest BCUT2D eigenvalue weighted by atomic mass is 10.1. The molecule has 0 N–H and O–H groups in total. The highest BCUT2D eigenvalue weighted by Gasteiger charge is 2.33. The Bertz CT molecular complexity index is 303.